The van der Waals surface area contributed by atoms with Crippen LogP contribution in [0.25, 0.3) is 0 Å². The number of amides is 2. The second-order valence-electron chi connectivity index (χ2n) is 5.70. The minimum Gasteiger partial charge on any atom is -0.326 e. The van der Waals surface area contributed by atoms with Gasteiger partial charge in [0.05, 0.1) is 0 Å². The first-order valence-corrected chi connectivity index (χ1v) is 7.85. The Hall–Kier alpha value is -2.17. The smallest absolute Gasteiger partial charge is 0.240 e. The molecule has 1 fully saturated rings. The Morgan fingerprint density at radius 2 is 1.86 bits per heavy atom. The number of hydrogen-bond acceptors (Lipinski definition) is 3. The van der Waals surface area contributed by atoms with Crippen molar-refractivity contribution in [2.45, 2.75) is 45.4 Å². The normalized spacial score (nSPS) is 19.7. The van der Waals surface area contributed by atoms with Gasteiger partial charge in [0.1, 0.15) is 0 Å². The van der Waals surface area contributed by atoms with Gasteiger partial charge in [-0.15, -0.1) is 0 Å². The third-order valence-corrected chi connectivity index (χ3v) is 3.85. The van der Waals surface area contributed by atoms with Crippen LogP contribution in [0.2, 0.25) is 0 Å². The molecular formula is C17H23N3O2. The van der Waals surface area contributed by atoms with E-state index in [1.807, 2.05) is 30.3 Å². The fourth-order valence-corrected chi connectivity index (χ4v) is 2.50. The predicted octanol–water partition coefficient (Wildman–Crippen LogP) is 3.09. The number of hydrazone groups is 1. The van der Waals surface area contributed by atoms with Crippen molar-refractivity contribution >= 4 is 23.2 Å². The number of nitrogens with one attached hydrogen (secondary N) is 2. The minimum absolute atomic E-state index is 0.143. The maximum absolute atomic E-state index is 11.8. The lowest BCUT2D eigenvalue weighted by molar-refractivity contribution is -0.124. The van der Waals surface area contributed by atoms with Crippen LogP contribution in [0.1, 0.15) is 45.4 Å². The lowest BCUT2D eigenvalue weighted by Gasteiger charge is -2.19. The summed E-state index contributed by atoms with van der Waals surface area (Å²) in [5, 5.41) is 6.97. The van der Waals surface area contributed by atoms with Crippen molar-refractivity contribution in [2.75, 3.05) is 5.32 Å². The zero-order valence-corrected chi connectivity index (χ0v) is 13.0. The number of nitrogens with zero attached hydrogens (tertiary/aromatic N) is 1. The molecule has 0 radical (unpaired) electrons. The molecule has 118 valence electrons. The third kappa shape index (κ3) is 5.31. The summed E-state index contributed by atoms with van der Waals surface area (Å²) in [5.41, 5.74) is 4.37. The highest BCUT2D eigenvalue weighted by atomic mass is 16.2. The Morgan fingerprint density at radius 3 is 2.59 bits per heavy atom. The van der Waals surface area contributed by atoms with Crippen LogP contribution < -0.4 is 10.7 Å². The Bertz CT molecular complexity index is 540. The fourth-order valence-electron chi connectivity index (χ4n) is 2.50. The summed E-state index contributed by atoms with van der Waals surface area (Å²) in [4.78, 5) is 23.5. The van der Waals surface area contributed by atoms with Crippen LogP contribution in [0.3, 0.4) is 0 Å². The zero-order valence-electron chi connectivity index (χ0n) is 13.0. The Labute approximate surface area is 131 Å². The summed E-state index contributed by atoms with van der Waals surface area (Å²) in [7, 11) is 0. The molecule has 5 heteroatoms. The van der Waals surface area contributed by atoms with Crippen molar-refractivity contribution in [1.29, 1.82) is 0 Å². The van der Waals surface area contributed by atoms with Crippen molar-refractivity contribution in [1.82, 2.24) is 5.43 Å². The Kier molecular flexibility index (Phi) is 6.13. The molecule has 1 aliphatic carbocycles. The first-order valence-electron chi connectivity index (χ1n) is 7.85. The van der Waals surface area contributed by atoms with Gasteiger partial charge >= 0.3 is 0 Å². The van der Waals surface area contributed by atoms with E-state index in [2.05, 4.69) is 22.8 Å². The maximum atomic E-state index is 11.8. The monoisotopic (exact) mass is 301 g/mol. The molecule has 2 N–H and O–H groups in total. The molecule has 0 aliphatic heterocycles. The second-order valence-corrected chi connectivity index (χ2v) is 5.70. The van der Waals surface area contributed by atoms with Crippen LogP contribution in [0.5, 0.6) is 0 Å². The Balaban J connectivity index is 1.71. The second kappa shape index (κ2) is 8.32. The molecule has 0 bridgehead atoms. The summed E-state index contributed by atoms with van der Waals surface area (Å²) in [5.74, 6) is 0.0592. The maximum Gasteiger partial charge on any atom is 0.240 e. The van der Waals surface area contributed by atoms with Gasteiger partial charge in [-0.3, -0.25) is 9.59 Å². The van der Waals surface area contributed by atoms with Gasteiger partial charge in [0.2, 0.25) is 11.8 Å². The number of benzene rings is 1. The van der Waals surface area contributed by atoms with Gasteiger partial charge in [0.25, 0.3) is 0 Å². The molecule has 1 aromatic rings. The average Bonchev–Trinajstić information content (AvgIpc) is 2.53. The van der Waals surface area contributed by atoms with Crippen molar-refractivity contribution in [3.63, 3.8) is 0 Å². The van der Waals surface area contributed by atoms with Gasteiger partial charge in [-0.2, -0.15) is 5.10 Å². The van der Waals surface area contributed by atoms with Gasteiger partial charge < -0.3 is 5.32 Å². The highest BCUT2D eigenvalue weighted by molar-refractivity contribution is 5.93. The molecule has 1 saturated carbocycles. The van der Waals surface area contributed by atoms with E-state index in [1.54, 1.807) is 0 Å². The van der Waals surface area contributed by atoms with Gasteiger partial charge in [0.15, 0.2) is 0 Å². The van der Waals surface area contributed by atoms with Gasteiger partial charge in [-0.1, -0.05) is 31.5 Å². The van der Waals surface area contributed by atoms with Crippen molar-refractivity contribution in [2.24, 2.45) is 11.0 Å². The Morgan fingerprint density at radius 1 is 1.14 bits per heavy atom. The van der Waals surface area contributed by atoms with Crippen molar-refractivity contribution in [3.05, 3.63) is 30.3 Å². The minimum atomic E-state index is -0.214. The third-order valence-electron chi connectivity index (χ3n) is 3.85. The van der Waals surface area contributed by atoms with Crippen LogP contribution in [0, 0.1) is 5.92 Å². The summed E-state index contributed by atoms with van der Waals surface area (Å²) in [6.07, 6.45) is 4.75. The van der Waals surface area contributed by atoms with Crippen molar-refractivity contribution < 1.29 is 9.59 Å². The quantitative estimate of drug-likeness (QED) is 0.820. The van der Waals surface area contributed by atoms with E-state index in [4.69, 9.17) is 0 Å². The SMILES string of the molecule is CC1CCCC/C1=N\NC(=O)CCC(=O)Nc1ccccc1. The largest absolute Gasteiger partial charge is 0.326 e. The molecule has 1 aromatic carbocycles. The molecule has 0 heterocycles. The summed E-state index contributed by atoms with van der Waals surface area (Å²) in [6.45, 7) is 2.14. The van der Waals surface area contributed by atoms with Crippen LogP contribution in [0.15, 0.2) is 35.4 Å². The van der Waals surface area contributed by atoms with Crippen LogP contribution >= 0.6 is 0 Å². The molecule has 1 atom stereocenters. The van der Waals surface area contributed by atoms with Crippen LogP contribution in [-0.2, 0) is 9.59 Å². The molecule has 2 amide bonds. The topological polar surface area (TPSA) is 70.6 Å². The molecule has 22 heavy (non-hydrogen) atoms. The standard InChI is InChI=1S/C17H23N3O2/c1-13-7-5-6-10-15(13)19-20-17(22)12-11-16(21)18-14-8-3-2-4-9-14/h2-4,8-9,13H,5-7,10-12H2,1H3,(H,18,21)(H,20,22)/b19-15+. The van der Waals surface area contributed by atoms with Gasteiger partial charge in [-0.25, -0.2) is 5.43 Å². The van der Waals surface area contributed by atoms with E-state index in [9.17, 15) is 9.59 Å². The molecule has 0 saturated heterocycles. The van der Waals surface area contributed by atoms with E-state index >= 15 is 0 Å². The highest BCUT2D eigenvalue weighted by Gasteiger charge is 2.16. The zero-order chi connectivity index (χ0) is 15.8. The molecule has 5 nitrogen and oxygen atoms in total. The lowest BCUT2D eigenvalue weighted by Crippen LogP contribution is -2.25. The molecule has 1 aliphatic rings. The fraction of sp³-hybridized carbons (Fsp3) is 0.471. The number of para-hydroxylation sites is 1. The molecule has 1 unspecified atom stereocenters. The van der Waals surface area contributed by atoms with Gasteiger partial charge in [0, 0.05) is 24.2 Å². The van der Waals surface area contributed by atoms with E-state index in [0.717, 1.165) is 30.7 Å². The van der Waals surface area contributed by atoms with E-state index in [0.29, 0.717) is 5.92 Å². The number of carbonyl (C=O) groups is 2. The number of carbonyl (C=O) groups excluding carboxylic acids is 2. The van der Waals surface area contributed by atoms with E-state index in [1.165, 1.54) is 6.42 Å². The molecule has 0 spiro atoms. The predicted molar refractivity (Wildman–Crippen MR) is 87.5 cm³/mol. The molecular weight excluding hydrogens is 278 g/mol. The first kappa shape index (κ1) is 16.2. The van der Waals surface area contributed by atoms with E-state index < -0.39 is 0 Å². The first-order chi connectivity index (χ1) is 10.6. The van der Waals surface area contributed by atoms with Crippen LogP contribution in [0.4, 0.5) is 5.69 Å². The highest BCUT2D eigenvalue weighted by Crippen LogP contribution is 2.20. The number of hydrogen-bond donors (Lipinski definition) is 2. The average molecular weight is 301 g/mol. The summed E-state index contributed by atoms with van der Waals surface area (Å²) in [6, 6.07) is 9.21. The van der Waals surface area contributed by atoms with Crippen molar-refractivity contribution in [3.8, 4) is 0 Å². The van der Waals surface area contributed by atoms with Gasteiger partial charge in [-0.05, 0) is 37.3 Å². The molecule has 2 rings (SSSR count). The lowest BCUT2D eigenvalue weighted by atomic mass is 9.89. The van der Waals surface area contributed by atoms with Crippen LogP contribution in [-0.4, -0.2) is 17.5 Å². The summed E-state index contributed by atoms with van der Waals surface area (Å²) < 4.78 is 0. The van der Waals surface area contributed by atoms with E-state index in [-0.39, 0.29) is 24.7 Å². The molecule has 0 aromatic heterocycles. The summed E-state index contributed by atoms with van der Waals surface area (Å²) >= 11 is 0. The number of rotatable bonds is 5. The number of anilines is 1.